The Kier molecular flexibility index (Phi) is 8.27. The largest absolute Gasteiger partial charge is 0.375 e. The van der Waals surface area contributed by atoms with Crippen molar-refractivity contribution in [3.8, 4) is 11.4 Å². The van der Waals surface area contributed by atoms with Crippen LogP contribution in [-0.4, -0.2) is 62.8 Å². The van der Waals surface area contributed by atoms with Crippen LogP contribution in [0.1, 0.15) is 37.1 Å². The van der Waals surface area contributed by atoms with E-state index < -0.39 is 0 Å². The summed E-state index contributed by atoms with van der Waals surface area (Å²) in [5.41, 5.74) is 1.81. The van der Waals surface area contributed by atoms with Crippen molar-refractivity contribution in [2.75, 3.05) is 25.6 Å². The number of pyridine rings is 1. The van der Waals surface area contributed by atoms with Gasteiger partial charge in [0, 0.05) is 31.5 Å². The summed E-state index contributed by atoms with van der Waals surface area (Å²) < 4.78 is 6.72. The first-order valence-electron chi connectivity index (χ1n) is 13.4. The minimum absolute atomic E-state index is 0.0470. The molecule has 5 rings (SSSR count). The molecule has 0 unspecified atom stereocenters. The first-order chi connectivity index (χ1) is 19.0. The average Bonchev–Trinajstić information content (AvgIpc) is 3.60. The van der Waals surface area contributed by atoms with Crippen LogP contribution in [0.15, 0.2) is 60.8 Å². The van der Waals surface area contributed by atoms with E-state index in [0.29, 0.717) is 31.2 Å². The van der Waals surface area contributed by atoms with E-state index in [4.69, 9.17) is 9.84 Å². The van der Waals surface area contributed by atoms with E-state index in [1.165, 1.54) is 7.11 Å². The van der Waals surface area contributed by atoms with Crippen molar-refractivity contribution in [2.24, 2.45) is 0 Å². The smallest absolute Gasteiger partial charge is 0.251 e. The van der Waals surface area contributed by atoms with Gasteiger partial charge in [-0.25, -0.2) is 14.6 Å². The molecule has 4 aromatic rings. The molecule has 39 heavy (non-hydrogen) atoms. The zero-order chi connectivity index (χ0) is 27.2. The van der Waals surface area contributed by atoms with E-state index >= 15 is 0 Å². The van der Waals surface area contributed by atoms with Gasteiger partial charge in [0.1, 0.15) is 18.2 Å². The summed E-state index contributed by atoms with van der Waals surface area (Å²) >= 11 is 0. The van der Waals surface area contributed by atoms with E-state index in [-0.39, 0.29) is 24.5 Å². The number of amides is 2. The normalized spacial score (nSPS) is 13.6. The molecule has 202 valence electrons. The number of carbonyl (C=O) groups excluding carboxylic acids is 2. The van der Waals surface area contributed by atoms with Crippen LogP contribution < -0.4 is 5.32 Å². The molecule has 1 aliphatic carbocycles. The third kappa shape index (κ3) is 6.31. The van der Waals surface area contributed by atoms with Gasteiger partial charge < -0.3 is 15.0 Å². The molecule has 0 atom stereocenters. The maximum atomic E-state index is 13.7. The Morgan fingerprint density at radius 3 is 2.72 bits per heavy atom. The molecule has 9 nitrogen and oxygen atoms in total. The lowest BCUT2D eigenvalue weighted by molar-refractivity contribution is -0.133. The number of fused-ring (bicyclic) bond motifs is 1. The Hall–Kier alpha value is -4.11. The Bertz CT molecular complexity index is 1450. The first-order valence-corrected chi connectivity index (χ1v) is 13.4. The number of ether oxygens (including phenoxy) is 1. The molecular weight excluding hydrogens is 492 g/mol. The number of nitrogens with zero attached hydrogens (tertiary/aromatic N) is 5. The number of methoxy groups -OCH3 is 1. The number of hydrogen-bond acceptors (Lipinski definition) is 6. The summed E-state index contributed by atoms with van der Waals surface area (Å²) in [5, 5.41) is 9.71. The Balaban J connectivity index is 1.31. The third-order valence-electron chi connectivity index (χ3n) is 7.28. The van der Waals surface area contributed by atoms with Gasteiger partial charge in [-0.2, -0.15) is 5.10 Å². The molecule has 0 spiro atoms. The van der Waals surface area contributed by atoms with Gasteiger partial charge in [0.05, 0.1) is 13.0 Å². The Labute approximate surface area is 228 Å². The van der Waals surface area contributed by atoms with E-state index in [1.807, 2.05) is 35.9 Å². The van der Waals surface area contributed by atoms with Crippen LogP contribution >= 0.6 is 0 Å². The van der Waals surface area contributed by atoms with Crippen molar-refractivity contribution in [2.45, 2.75) is 51.6 Å². The zero-order valence-corrected chi connectivity index (χ0v) is 22.5. The fourth-order valence-corrected chi connectivity index (χ4v) is 5.34. The van der Waals surface area contributed by atoms with Crippen LogP contribution in [0.2, 0.25) is 0 Å². The van der Waals surface area contributed by atoms with Crippen LogP contribution in [0.5, 0.6) is 0 Å². The standard InChI is InChI=1S/C30H34N6O3/c1-21-32-30(24-14-15-31-27(18-24)33-28(37)20-39-2)34-36(21)17-16-35(25-11-4-5-12-25)29(38)19-23-10-7-9-22-8-3-6-13-26(22)23/h3,6-10,13-15,18,25H,4-5,11-12,16-17,19-20H2,1-2H3,(H,31,33,37). The van der Waals surface area contributed by atoms with E-state index in [1.54, 1.807) is 12.3 Å². The lowest BCUT2D eigenvalue weighted by Crippen LogP contribution is -2.42. The molecule has 1 saturated carbocycles. The topological polar surface area (TPSA) is 102 Å². The minimum atomic E-state index is -0.281. The highest BCUT2D eigenvalue weighted by Gasteiger charge is 2.27. The number of anilines is 1. The molecule has 9 heteroatoms. The molecule has 2 aromatic heterocycles. The number of aromatic nitrogens is 4. The van der Waals surface area contributed by atoms with Gasteiger partial charge >= 0.3 is 0 Å². The molecular formula is C30H34N6O3. The van der Waals surface area contributed by atoms with Crippen molar-refractivity contribution in [1.82, 2.24) is 24.6 Å². The van der Waals surface area contributed by atoms with Crippen molar-refractivity contribution in [3.63, 3.8) is 0 Å². The molecule has 1 N–H and O–H groups in total. The van der Waals surface area contributed by atoms with Crippen LogP contribution in [-0.2, 0) is 27.3 Å². The number of carbonyl (C=O) groups is 2. The number of nitrogens with one attached hydrogen (secondary N) is 1. The second-order valence-corrected chi connectivity index (χ2v) is 9.96. The molecule has 1 fully saturated rings. The zero-order valence-electron chi connectivity index (χ0n) is 22.5. The van der Waals surface area contributed by atoms with Gasteiger partial charge in [-0.1, -0.05) is 55.3 Å². The van der Waals surface area contributed by atoms with Gasteiger partial charge in [0.2, 0.25) is 5.91 Å². The summed E-state index contributed by atoms with van der Waals surface area (Å²) in [7, 11) is 1.47. The molecule has 2 aromatic carbocycles. The van der Waals surface area contributed by atoms with Gasteiger partial charge in [-0.15, -0.1) is 0 Å². The SMILES string of the molecule is COCC(=O)Nc1cc(-c2nc(C)n(CCN(C(=O)Cc3cccc4ccccc34)C3CCCC3)n2)ccn1. The van der Waals surface area contributed by atoms with Gasteiger partial charge in [0.15, 0.2) is 5.82 Å². The summed E-state index contributed by atoms with van der Waals surface area (Å²) in [4.78, 5) is 36.4. The highest BCUT2D eigenvalue weighted by Crippen LogP contribution is 2.26. The third-order valence-corrected chi connectivity index (χ3v) is 7.28. The van der Waals surface area contributed by atoms with Gasteiger partial charge in [0.25, 0.3) is 5.91 Å². The Morgan fingerprint density at radius 2 is 1.90 bits per heavy atom. The summed E-state index contributed by atoms with van der Waals surface area (Å²) in [6, 6.07) is 18.2. The fraction of sp³-hybridized carbons (Fsp3) is 0.367. The summed E-state index contributed by atoms with van der Waals surface area (Å²) in [6.45, 7) is 3.00. The van der Waals surface area contributed by atoms with E-state index in [9.17, 15) is 9.59 Å². The Morgan fingerprint density at radius 1 is 1.10 bits per heavy atom. The number of hydrogen-bond donors (Lipinski definition) is 1. The monoisotopic (exact) mass is 526 g/mol. The van der Waals surface area contributed by atoms with Crippen LogP contribution in [0, 0.1) is 6.92 Å². The van der Waals surface area contributed by atoms with E-state index in [0.717, 1.165) is 53.4 Å². The van der Waals surface area contributed by atoms with Crippen molar-refractivity contribution in [3.05, 3.63) is 72.2 Å². The van der Waals surface area contributed by atoms with Gasteiger partial charge in [-0.3, -0.25) is 9.59 Å². The van der Waals surface area contributed by atoms with Crippen LogP contribution in [0.3, 0.4) is 0 Å². The van der Waals surface area contributed by atoms with Crippen molar-refractivity contribution < 1.29 is 14.3 Å². The van der Waals surface area contributed by atoms with Crippen molar-refractivity contribution >= 4 is 28.4 Å². The lowest BCUT2D eigenvalue weighted by Gasteiger charge is -2.29. The number of aryl methyl sites for hydroxylation is 1. The quantitative estimate of drug-likeness (QED) is 0.329. The van der Waals surface area contributed by atoms with Crippen LogP contribution in [0.4, 0.5) is 5.82 Å². The summed E-state index contributed by atoms with van der Waals surface area (Å²) in [6.07, 6.45) is 6.38. The lowest BCUT2D eigenvalue weighted by atomic mass is 10.0. The predicted molar refractivity (Wildman–Crippen MR) is 150 cm³/mol. The first kappa shape index (κ1) is 26.5. The average molecular weight is 527 g/mol. The molecule has 0 radical (unpaired) electrons. The van der Waals surface area contributed by atoms with Crippen molar-refractivity contribution in [1.29, 1.82) is 0 Å². The molecule has 2 amide bonds. The fourth-order valence-electron chi connectivity index (χ4n) is 5.34. The highest BCUT2D eigenvalue weighted by molar-refractivity contribution is 5.91. The summed E-state index contributed by atoms with van der Waals surface area (Å²) in [5.74, 6) is 1.60. The molecule has 2 heterocycles. The number of rotatable bonds is 10. The second-order valence-electron chi connectivity index (χ2n) is 9.96. The molecule has 0 bridgehead atoms. The maximum Gasteiger partial charge on any atom is 0.251 e. The minimum Gasteiger partial charge on any atom is -0.375 e. The maximum absolute atomic E-state index is 13.7. The van der Waals surface area contributed by atoms with Gasteiger partial charge in [-0.05, 0) is 48.2 Å². The molecule has 0 saturated heterocycles. The predicted octanol–water partition coefficient (Wildman–Crippen LogP) is 4.40. The second kappa shape index (κ2) is 12.2. The molecule has 0 aliphatic heterocycles. The highest BCUT2D eigenvalue weighted by atomic mass is 16.5. The molecule has 1 aliphatic rings. The van der Waals surface area contributed by atoms with E-state index in [2.05, 4.69) is 44.5 Å². The van der Waals surface area contributed by atoms with Crippen LogP contribution in [0.25, 0.3) is 22.2 Å². The number of benzene rings is 2.